The van der Waals surface area contributed by atoms with Gasteiger partial charge in [0.1, 0.15) is 12.4 Å². The second-order valence-electron chi connectivity index (χ2n) is 5.14. The highest BCUT2D eigenvalue weighted by Gasteiger charge is 2.25. The van der Waals surface area contributed by atoms with Crippen LogP contribution in [0.4, 0.5) is 9.18 Å². The second kappa shape index (κ2) is 7.40. The third kappa shape index (κ3) is 4.00. The average molecular weight is 359 g/mol. The molecule has 0 aliphatic carbocycles. The van der Waals surface area contributed by atoms with Crippen LogP contribution in [0, 0.1) is 5.82 Å². The predicted molar refractivity (Wildman–Crippen MR) is 92.8 cm³/mol. The lowest BCUT2D eigenvalue weighted by Gasteiger charge is -2.12. The molecule has 128 valence electrons. The lowest BCUT2D eigenvalue weighted by atomic mass is 10.2. The van der Waals surface area contributed by atoms with Gasteiger partial charge in [-0.15, -0.1) is 0 Å². The Morgan fingerprint density at radius 1 is 1.16 bits per heavy atom. The van der Waals surface area contributed by atoms with Crippen molar-refractivity contribution in [2.75, 3.05) is 7.11 Å². The summed E-state index contributed by atoms with van der Waals surface area (Å²) in [7, 11) is 1.49. The molecule has 2 aromatic rings. The summed E-state index contributed by atoms with van der Waals surface area (Å²) in [6, 6.07) is 11.4. The average Bonchev–Trinajstić information content (AvgIpc) is 2.92. The van der Waals surface area contributed by atoms with E-state index in [4.69, 9.17) is 9.47 Å². The fourth-order valence-corrected chi connectivity index (χ4v) is 2.92. The van der Waals surface area contributed by atoms with Crippen molar-refractivity contribution in [1.29, 1.82) is 0 Å². The van der Waals surface area contributed by atoms with Gasteiger partial charge in [-0.1, -0.05) is 24.3 Å². The number of imide groups is 1. The Bertz CT molecular complexity index is 866. The number of hydrogen-bond donors (Lipinski definition) is 1. The van der Waals surface area contributed by atoms with E-state index >= 15 is 0 Å². The molecule has 1 N–H and O–H groups in total. The Kier molecular flexibility index (Phi) is 5.04. The van der Waals surface area contributed by atoms with Crippen LogP contribution in [-0.2, 0) is 11.4 Å². The number of carbonyl (C=O) groups excluding carboxylic acids is 2. The fraction of sp³-hybridized carbons (Fsp3) is 0.111. The molecule has 1 saturated heterocycles. The topological polar surface area (TPSA) is 64.6 Å². The van der Waals surface area contributed by atoms with Gasteiger partial charge in [0.05, 0.1) is 12.0 Å². The fourth-order valence-electron chi connectivity index (χ4n) is 2.24. The van der Waals surface area contributed by atoms with Crippen molar-refractivity contribution < 1.29 is 23.5 Å². The molecule has 1 fully saturated rings. The molecule has 0 atom stereocenters. The van der Waals surface area contributed by atoms with E-state index in [1.54, 1.807) is 42.5 Å². The van der Waals surface area contributed by atoms with Gasteiger partial charge in [-0.05, 0) is 41.6 Å². The number of amides is 2. The molecule has 3 rings (SSSR count). The summed E-state index contributed by atoms with van der Waals surface area (Å²) in [5.74, 6) is 0.138. The first kappa shape index (κ1) is 17.0. The number of carbonyl (C=O) groups is 2. The highest BCUT2D eigenvalue weighted by molar-refractivity contribution is 8.18. The van der Waals surface area contributed by atoms with E-state index in [0.29, 0.717) is 27.5 Å². The van der Waals surface area contributed by atoms with Gasteiger partial charge in [-0.2, -0.15) is 0 Å². The summed E-state index contributed by atoms with van der Waals surface area (Å²) < 4.78 is 24.6. The largest absolute Gasteiger partial charge is 0.493 e. The zero-order valence-electron chi connectivity index (χ0n) is 13.2. The lowest BCUT2D eigenvalue weighted by molar-refractivity contribution is -0.115. The van der Waals surface area contributed by atoms with Crippen molar-refractivity contribution in [3.8, 4) is 11.5 Å². The molecule has 0 bridgehead atoms. The Morgan fingerprint density at radius 3 is 2.64 bits per heavy atom. The van der Waals surface area contributed by atoms with E-state index in [1.807, 2.05) is 0 Å². The van der Waals surface area contributed by atoms with Crippen LogP contribution in [-0.4, -0.2) is 18.3 Å². The molecular weight excluding hydrogens is 345 g/mol. The molecule has 1 aliphatic heterocycles. The van der Waals surface area contributed by atoms with Gasteiger partial charge in [0.2, 0.25) is 0 Å². The van der Waals surface area contributed by atoms with Crippen LogP contribution in [0.5, 0.6) is 11.5 Å². The van der Waals surface area contributed by atoms with Crippen molar-refractivity contribution in [3.05, 3.63) is 64.3 Å². The van der Waals surface area contributed by atoms with E-state index in [-0.39, 0.29) is 12.4 Å². The summed E-state index contributed by atoms with van der Waals surface area (Å²) in [5.41, 5.74) is 1.12. The molecule has 7 heteroatoms. The number of ether oxygens (including phenoxy) is 2. The summed E-state index contributed by atoms with van der Waals surface area (Å²) in [6.45, 7) is 0.0657. The van der Waals surface area contributed by atoms with Crippen molar-refractivity contribution in [2.45, 2.75) is 6.61 Å². The SMILES string of the molecule is COc1cc(/C=C2/SC(=O)NC2=O)ccc1OCc1ccccc1F. The third-order valence-electron chi connectivity index (χ3n) is 3.47. The van der Waals surface area contributed by atoms with Gasteiger partial charge < -0.3 is 9.47 Å². The van der Waals surface area contributed by atoms with Crippen molar-refractivity contribution >= 4 is 29.0 Å². The zero-order valence-corrected chi connectivity index (χ0v) is 14.1. The van der Waals surface area contributed by atoms with Crippen molar-refractivity contribution in [1.82, 2.24) is 5.32 Å². The molecule has 0 spiro atoms. The quantitative estimate of drug-likeness (QED) is 0.824. The minimum atomic E-state index is -0.422. The van der Waals surface area contributed by atoms with Gasteiger partial charge in [-0.25, -0.2) is 4.39 Å². The van der Waals surface area contributed by atoms with Crippen LogP contribution >= 0.6 is 11.8 Å². The number of benzene rings is 2. The third-order valence-corrected chi connectivity index (χ3v) is 4.28. The molecule has 0 unspecified atom stereocenters. The van der Waals surface area contributed by atoms with Gasteiger partial charge in [0.15, 0.2) is 11.5 Å². The normalized spacial score (nSPS) is 15.4. The van der Waals surface area contributed by atoms with Crippen LogP contribution in [0.15, 0.2) is 47.4 Å². The number of methoxy groups -OCH3 is 1. The van der Waals surface area contributed by atoms with E-state index in [9.17, 15) is 14.0 Å². The smallest absolute Gasteiger partial charge is 0.290 e. The predicted octanol–water partition coefficient (Wildman–Crippen LogP) is 3.74. The molecule has 1 heterocycles. The molecular formula is C18H14FNO4S. The van der Waals surface area contributed by atoms with Crippen molar-refractivity contribution in [3.63, 3.8) is 0 Å². The number of halogens is 1. The Morgan fingerprint density at radius 2 is 1.96 bits per heavy atom. The van der Waals surface area contributed by atoms with Crippen LogP contribution in [0.2, 0.25) is 0 Å². The van der Waals surface area contributed by atoms with Gasteiger partial charge in [-0.3, -0.25) is 14.9 Å². The van der Waals surface area contributed by atoms with Crippen LogP contribution in [0.3, 0.4) is 0 Å². The molecule has 0 saturated carbocycles. The maximum absolute atomic E-state index is 13.6. The standard InChI is InChI=1S/C18H14FNO4S/c1-23-15-8-11(9-16-17(21)20-18(22)25-16)6-7-14(15)24-10-12-4-2-3-5-13(12)19/h2-9H,10H2,1H3,(H,20,21,22)/b16-9+. The molecule has 25 heavy (non-hydrogen) atoms. The summed E-state index contributed by atoms with van der Waals surface area (Å²) >= 11 is 0.843. The molecule has 2 amide bonds. The molecule has 0 aromatic heterocycles. The Balaban J connectivity index is 1.78. The van der Waals surface area contributed by atoms with E-state index in [1.165, 1.54) is 13.2 Å². The number of nitrogens with one attached hydrogen (secondary N) is 1. The molecule has 2 aromatic carbocycles. The monoisotopic (exact) mass is 359 g/mol. The lowest BCUT2D eigenvalue weighted by Crippen LogP contribution is -2.17. The highest BCUT2D eigenvalue weighted by atomic mass is 32.2. The van der Waals surface area contributed by atoms with Crippen LogP contribution < -0.4 is 14.8 Å². The summed E-state index contributed by atoms with van der Waals surface area (Å²) in [6.07, 6.45) is 1.59. The van der Waals surface area contributed by atoms with Crippen molar-refractivity contribution in [2.24, 2.45) is 0 Å². The minimum absolute atomic E-state index is 0.0657. The van der Waals surface area contributed by atoms with E-state index < -0.39 is 11.1 Å². The summed E-state index contributed by atoms with van der Waals surface area (Å²) in [4.78, 5) is 23.1. The van der Waals surface area contributed by atoms with Crippen LogP contribution in [0.25, 0.3) is 6.08 Å². The molecule has 1 aliphatic rings. The second-order valence-corrected chi connectivity index (χ2v) is 6.16. The first-order valence-electron chi connectivity index (χ1n) is 7.36. The van der Waals surface area contributed by atoms with Gasteiger partial charge in [0.25, 0.3) is 11.1 Å². The first-order valence-corrected chi connectivity index (χ1v) is 8.17. The van der Waals surface area contributed by atoms with Crippen LogP contribution in [0.1, 0.15) is 11.1 Å². The van der Waals surface area contributed by atoms with E-state index in [2.05, 4.69) is 5.32 Å². The number of rotatable bonds is 5. The first-order chi connectivity index (χ1) is 12.1. The zero-order chi connectivity index (χ0) is 17.8. The highest BCUT2D eigenvalue weighted by Crippen LogP contribution is 2.32. The maximum Gasteiger partial charge on any atom is 0.290 e. The van der Waals surface area contributed by atoms with E-state index in [0.717, 1.165) is 11.8 Å². The number of thioether (sulfide) groups is 1. The number of hydrogen-bond acceptors (Lipinski definition) is 5. The molecule has 0 radical (unpaired) electrons. The van der Waals surface area contributed by atoms with Gasteiger partial charge >= 0.3 is 0 Å². The maximum atomic E-state index is 13.6. The summed E-state index contributed by atoms with van der Waals surface area (Å²) in [5, 5.41) is 1.80. The van der Waals surface area contributed by atoms with Gasteiger partial charge in [0, 0.05) is 5.56 Å². The Hall–Kier alpha value is -2.80. The molecule has 5 nitrogen and oxygen atoms in total. The minimum Gasteiger partial charge on any atom is -0.493 e. The Labute approximate surface area is 147 Å².